The second kappa shape index (κ2) is 2.84. The normalized spacial score (nSPS) is 42.1. The topological polar surface area (TPSA) is 0 Å². The highest BCUT2D eigenvalue weighted by molar-refractivity contribution is 5.07. The molecule has 0 amide bonds. The van der Waals surface area contributed by atoms with Gasteiger partial charge in [-0.05, 0) is 37.0 Å². The van der Waals surface area contributed by atoms with Gasteiger partial charge in [-0.25, -0.2) is 0 Å². The Morgan fingerprint density at radius 1 is 1.09 bits per heavy atom. The molecule has 0 heterocycles. The van der Waals surface area contributed by atoms with E-state index in [0.29, 0.717) is 0 Å². The Hall–Kier alpha value is -0.520. The van der Waals surface area contributed by atoms with Gasteiger partial charge in [-0.1, -0.05) is 31.2 Å². The van der Waals surface area contributed by atoms with Gasteiger partial charge >= 0.3 is 0 Å². The third kappa shape index (κ3) is 1.40. The molecule has 0 spiro atoms. The molecule has 2 aliphatic carbocycles. The van der Waals surface area contributed by atoms with Crippen LogP contribution in [0.25, 0.3) is 0 Å². The second-order valence-corrected chi connectivity index (χ2v) is 3.96. The Balaban J connectivity index is 2.11. The lowest BCUT2D eigenvalue weighted by Crippen LogP contribution is -2.20. The molecule has 0 saturated carbocycles. The summed E-state index contributed by atoms with van der Waals surface area (Å²) in [7, 11) is 0. The number of fused-ring (bicyclic) bond motifs is 1. The molecule has 0 N–H and O–H groups in total. The van der Waals surface area contributed by atoms with Crippen LogP contribution in [-0.4, -0.2) is 0 Å². The number of rotatable bonds is 0. The van der Waals surface area contributed by atoms with E-state index in [1.54, 1.807) is 0 Å². The molecule has 11 heavy (non-hydrogen) atoms. The first-order valence-corrected chi connectivity index (χ1v) is 4.69. The SMILES string of the molecule is CC1C=CC2CC=CCC2C1. The summed E-state index contributed by atoms with van der Waals surface area (Å²) in [5, 5.41) is 0. The molecule has 0 heteroatoms. The van der Waals surface area contributed by atoms with Gasteiger partial charge in [-0.2, -0.15) is 0 Å². The van der Waals surface area contributed by atoms with E-state index in [1.807, 2.05) is 0 Å². The summed E-state index contributed by atoms with van der Waals surface area (Å²) in [6, 6.07) is 0. The molecule has 0 fully saturated rings. The van der Waals surface area contributed by atoms with Crippen molar-refractivity contribution in [3.63, 3.8) is 0 Å². The van der Waals surface area contributed by atoms with Crippen molar-refractivity contribution in [2.24, 2.45) is 17.8 Å². The first kappa shape index (κ1) is 7.15. The van der Waals surface area contributed by atoms with E-state index >= 15 is 0 Å². The summed E-state index contributed by atoms with van der Waals surface area (Å²) in [5.74, 6) is 2.65. The van der Waals surface area contributed by atoms with Crippen molar-refractivity contribution >= 4 is 0 Å². The van der Waals surface area contributed by atoms with Crippen molar-refractivity contribution < 1.29 is 0 Å². The summed E-state index contributed by atoms with van der Waals surface area (Å²) in [5.41, 5.74) is 0. The minimum absolute atomic E-state index is 0.822. The fourth-order valence-electron chi connectivity index (χ4n) is 2.29. The Kier molecular flexibility index (Phi) is 1.85. The molecule has 3 atom stereocenters. The standard InChI is InChI=1S/C11H16/c1-9-6-7-10-4-2-3-5-11(10)8-9/h2-3,6-7,9-11H,4-5,8H2,1H3. The van der Waals surface area contributed by atoms with Gasteiger partial charge < -0.3 is 0 Å². The van der Waals surface area contributed by atoms with Crippen LogP contribution in [0.4, 0.5) is 0 Å². The molecule has 0 saturated heterocycles. The van der Waals surface area contributed by atoms with Gasteiger partial charge in [0.25, 0.3) is 0 Å². The summed E-state index contributed by atoms with van der Waals surface area (Å²) in [6.07, 6.45) is 13.5. The average molecular weight is 148 g/mol. The van der Waals surface area contributed by atoms with Gasteiger partial charge in [0.05, 0.1) is 0 Å². The highest BCUT2D eigenvalue weighted by Crippen LogP contribution is 2.35. The maximum Gasteiger partial charge on any atom is -0.0167 e. The molecule has 60 valence electrons. The van der Waals surface area contributed by atoms with Crippen molar-refractivity contribution in [3.8, 4) is 0 Å². The lowest BCUT2D eigenvalue weighted by molar-refractivity contribution is 0.311. The Morgan fingerprint density at radius 2 is 1.91 bits per heavy atom. The number of hydrogen-bond acceptors (Lipinski definition) is 0. The smallest absolute Gasteiger partial charge is 0.0167 e. The third-order valence-electron chi connectivity index (χ3n) is 2.98. The van der Waals surface area contributed by atoms with Crippen molar-refractivity contribution in [2.75, 3.05) is 0 Å². The van der Waals surface area contributed by atoms with E-state index in [9.17, 15) is 0 Å². The molecular weight excluding hydrogens is 132 g/mol. The Bertz CT molecular complexity index is 188. The summed E-state index contributed by atoms with van der Waals surface area (Å²) in [4.78, 5) is 0. The largest absolute Gasteiger partial charge is 0.0882 e. The minimum atomic E-state index is 0.822. The van der Waals surface area contributed by atoms with Gasteiger partial charge in [0.15, 0.2) is 0 Å². The highest BCUT2D eigenvalue weighted by atomic mass is 14.3. The van der Waals surface area contributed by atoms with Gasteiger partial charge in [0.1, 0.15) is 0 Å². The van der Waals surface area contributed by atoms with Crippen LogP contribution in [-0.2, 0) is 0 Å². The van der Waals surface area contributed by atoms with Gasteiger partial charge in [0.2, 0.25) is 0 Å². The lowest BCUT2D eigenvalue weighted by Gasteiger charge is -2.31. The average Bonchev–Trinajstić information content (AvgIpc) is 2.04. The van der Waals surface area contributed by atoms with E-state index < -0.39 is 0 Å². The summed E-state index contributed by atoms with van der Waals surface area (Å²) < 4.78 is 0. The molecule has 3 unspecified atom stereocenters. The highest BCUT2D eigenvalue weighted by Gasteiger charge is 2.24. The van der Waals surface area contributed by atoms with Crippen LogP contribution in [0.1, 0.15) is 26.2 Å². The van der Waals surface area contributed by atoms with Crippen LogP contribution in [0.5, 0.6) is 0 Å². The molecule has 0 aliphatic heterocycles. The van der Waals surface area contributed by atoms with Crippen molar-refractivity contribution in [2.45, 2.75) is 26.2 Å². The lowest BCUT2D eigenvalue weighted by atomic mass is 9.74. The molecular formula is C11H16. The van der Waals surface area contributed by atoms with Crippen LogP contribution in [0.3, 0.4) is 0 Å². The molecule has 0 aromatic carbocycles. The van der Waals surface area contributed by atoms with E-state index in [-0.39, 0.29) is 0 Å². The van der Waals surface area contributed by atoms with Gasteiger partial charge in [-0.15, -0.1) is 0 Å². The maximum atomic E-state index is 2.43. The van der Waals surface area contributed by atoms with E-state index in [4.69, 9.17) is 0 Å². The minimum Gasteiger partial charge on any atom is -0.0882 e. The van der Waals surface area contributed by atoms with Crippen molar-refractivity contribution in [1.29, 1.82) is 0 Å². The molecule has 2 rings (SSSR count). The van der Waals surface area contributed by atoms with Crippen LogP contribution in [0.15, 0.2) is 24.3 Å². The van der Waals surface area contributed by atoms with Crippen LogP contribution in [0, 0.1) is 17.8 Å². The monoisotopic (exact) mass is 148 g/mol. The van der Waals surface area contributed by atoms with Crippen LogP contribution >= 0.6 is 0 Å². The zero-order valence-corrected chi connectivity index (χ0v) is 7.16. The fraction of sp³-hybridized carbons (Fsp3) is 0.636. The quantitative estimate of drug-likeness (QED) is 0.463. The van der Waals surface area contributed by atoms with Crippen molar-refractivity contribution in [3.05, 3.63) is 24.3 Å². The van der Waals surface area contributed by atoms with Gasteiger partial charge in [-0.3, -0.25) is 0 Å². The predicted molar refractivity (Wildman–Crippen MR) is 48.3 cm³/mol. The zero-order chi connectivity index (χ0) is 7.68. The Labute approximate surface area is 69.0 Å². The molecule has 0 nitrogen and oxygen atoms in total. The molecule has 0 aromatic rings. The molecule has 0 aromatic heterocycles. The van der Waals surface area contributed by atoms with Crippen LogP contribution in [0.2, 0.25) is 0 Å². The molecule has 0 bridgehead atoms. The first-order chi connectivity index (χ1) is 5.36. The van der Waals surface area contributed by atoms with Crippen LogP contribution < -0.4 is 0 Å². The second-order valence-electron chi connectivity index (χ2n) is 3.96. The van der Waals surface area contributed by atoms with Gasteiger partial charge in [0, 0.05) is 0 Å². The zero-order valence-electron chi connectivity index (χ0n) is 7.16. The van der Waals surface area contributed by atoms with E-state index in [2.05, 4.69) is 31.2 Å². The molecule has 2 aliphatic rings. The summed E-state index contributed by atoms with van der Waals surface area (Å²) >= 11 is 0. The Morgan fingerprint density at radius 3 is 2.82 bits per heavy atom. The number of allylic oxidation sites excluding steroid dienone is 4. The van der Waals surface area contributed by atoms with E-state index in [1.165, 1.54) is 19.3 Å². The van der Waals surface area contributed by atoms with Crippen molar-refractivity contribution in [1.82, 2.24) is 0 Å². The molecule has 0 radical (unpaired) electrons. The maximum absolute atomic E-state index is 2.43. The fourth-order valence-corrected chi connectivity index (χ4v) is 2.29. The first-order valence-electron chi connectivity index (χ1n) is 4.69. The van der Waals surface area contributed by atoms with E-state index in [0.717, 1.165) is 17.8 Å². The number of hydrogen-bond donors (Lipinski definition) is 0. The third-order valence-corrected chi connectivity index (χ3v) is 2.98. The summed E-state index contributed by atoms with van der Waals surface area (Å²) in [6.45, 7) is 2.32. The predicted octanol–water partition coefficient (Wildman–Crippen LogP) is 3.16.